The summed E-state index contributed by atoms with van der Waals surface area (Å²) in [4.78, 5) is 13.1. The van der Waals surface area contributed by atoms with Gasteiger partial charge in [0, 0.05) is 6.61 Å². The number of carbonyl (C=O) groups excluding carboxylic acids is 1. The second kappa shape index (κ2) is 8.90. The Balaban J connectivity index is 2.29. The van der Waals surface area contributed by atoms with Gasteiger partial charge in [0.05, 0.1) is 18.6 Å². The van der Waals surface area contributed by atoms with Gasteiger partial charge in [-0.15, -0.1) is 0 Å². The van der Waals surface area contributed by atoms with Crippen LogP contribution in [0.15, 0.2) is 0 Å². The molecule has 2 aliphatic rings. The third-order valence-electron chi connectivity index (χ3n) is 5.87. The first-order valence-electron chi connectivity index (χ1n) is 9.50. The number of rotatable bonds is 7. The fraction of sp³-hybridized carbons (Fsp3) is 0.947. The van der Waals surface area contributed by atoms with E-state index in [1.807, 2.05) is 13.8 Å². The van der Waals surface area contributed by atoms with Crippen molar-refractivity contribution in [1.82, 2.24) is 0 Å². The Kier molecular flexibility index (Phi) is 7.20. The number of hydrogen-bond donors (Lipinski definition) is 0. The fourth-order valence-electron chi connectivity index (χ4n) is 4.73. The van der Waals surface area contributed by atoms with Crippen molar-refractivity contribution >= 4 is 5.97 Å². The molecular weight excluding hydrogens is 276 g/mol. The molecule has 128 valence electrons. The molecule has 0 aliphatic heterocycles. The number of carbonyl (C=O) groups is 1. The van der Waals surface area contributed by atoms with Crippen LogP contribution in [0.5, 0.6) is 0 Å². The van der Waals surface area contributed by atoms with Gasteiger partial charge in [0.25, 0.3) is 0 Å². The molecule has 0 bridgehead atoms. The summed E-state index contributed by atoms with van der Waals surface area (Å²) in [6.45, 7) is 5.67. The van der Waals surface area contributed by atoms with Gasteiger partial charge in [0.2, 0.25) is 0 Å². The SMILES string of the molecule is CCOCC(C(=O)OCC)(C1CCCCC1)C1CCCCC1. The van der Waals surface area contributed by atoms with Gasteiger partial charge in [-0.2, -0.15) is 0 Å². The van der Waals surface area contributed by atoms with Gasteiger partial charge in [-0.25, -0.2) is 0 Å². The van der Waals surface area contributed by atoms with Crippen molar-refractivity contribution in [2.45, 2.75) is 78.1 Å². The summed E-state index contributed by atoms with van der Waals surface area (Å²) in [6.07, 6.45) is 12.3. The third-order valence-corrected chi connectivity index (χ3v) is 5.87. The van der Waals surface area contributed by atoms with E-state index in [1.165, 1.54) is 64.2 Å². The van der Waals surface area contributed by atoms with Crippen molar-refractivity contribution in [3.63, 3.8) is 0 Å². The second-order valence-electron chi connectivity index (χ2n) is 7.07. The zero-order valence-electron chi connectivity index (χ0n) is 14.6. The highest BCUT2D eigenvalue weighted by molar-refractivity contribution is 5.78. The van der Waals surface area contributed by atoms with Crippen LogP contribution in [-0.2, 0) is 14.3 Å². The topological polar surface area (TPSA) is 35.5 Å². The van der Waals surface area contributed by atoms with Crippen LogP contribution >= 0.6 is 0 Å². The number of ether oxygens (including phenoxy) is 2. The minimum Gasteiger partial charge on any atom is -0.465 e. The predicted octanol–water partition coefficient (Wildman–Crippen LogP) is 4.73. The molecule has 0 spiro atoms. The molecule has 0 radical (unpaired) electrons. The van der Waals surface area contributed by atoms with Crippen molar-refractivity contribution in [3.05, 3.63) is 0 Å². The maximum Gasteiger partial charge on any atom is 0.314 e. The van der Waals surface area contributed by atoms with Gasteiger partial charge in [0.15, 0.2) is 0 Å². The summed E-state index contributed by atoms with van der Waals surface area (Å²) < 4.78 is 11.5. The Morgan fingerprint density at radius 3 is 1.77 bits per heavy atom. The van der Waals surface area contributed by atoms with Gasteiger partial charge < -0.3 is 9.47 Å². The Morgan fingerprint density at radius 1 is 0.864 bits per heavy atom. The van der Waals surface area contributed by atoms with E-state index >= 15 is 0 Å². The molecule has 0 atom stereocenters. The zero-order chi connectivity index (χ0) is 15.8. The highest BCUT2D eigenvalue weighted by Crippen LogP contribution is 2.50. The number of hydrogen-bond acceptors (Lipinski definition) is 3. The fourth-order valence-corrected chi connectivity index (χ4v) is 4.73. The summed E-state index contributed by atoms with van der Waals surface area (Å²) in [5.41, 5.74) is -0.382. The van der Waals surface area contributed by atoms with Gasteiger partial charge in [0.1, 0.15) is 0 Å². The lowest BCUT2D eigenvalue weighted by atomic mass is 9.59. The van der Waals surface area contributed by atoms with Crippen molar-refractivity contribution < 1.29 is 14.3 Å². The molecule has 0 saturated heterocycles. The minimum absolute atomic E-state index is 0.0299. The predicted molar refractivity (Wildman–Crippen MR) is 88.7 cm³/mol. The summed E-state index contributed by atoms with van der Waals surface area (Å²) in [5, 5.41) is 0. The van der Waals surface area contributed by atoms with E-state index in [-0.39, 0.29) is 11.4 Å². The second-order valence-corrected chi connectivity index (χ2v) is 7.07. The summed E-state index contributed by atoms with van der Waals surface area (Å²) >= 11 is 0. The van der Waals surface area contributed by atoms with Crippen LogP contribution in [0.1, 0.15) is 78.1 Å². The summed E-state index contributed by atoms with van der Waals surface area (Å²) in [6, 6.07) is 0. The molecule has 22 heavy (non-hydrogen) atoms. The Morgan fingerprint density at radius 2 is 1.36 bits per heavy atom. The van der Waals surface area contributed by atoms with Crippen LogP contribution in [0.4, 0.5) is 0 Å². The first-order valence-corrected chi connectivity index (χ1v) is 9.50. The standard InChI is InChI=1S/C19H34O3/c1-3-21-15-19(18(20)22-4-2,16-11-7-5-8-12-16)17-13-9-6-10-14-17/h16-17H,3-15H2,1-2H3. The van der Waals surface area contributed by atoms with Gasteiger partial charge in [-0.05, 0) is 51.4 Å². The largest absolute Gasteiger partial charge is 0.465 e. The smallest absolute Gasteiger partial charge is 0.314 e. The normalized spacial score (nSPS) is 21.7. The van der Waals surface area contributed by atoms with Crippen molar-refractivity contribution in [3.8, 4) is 0 Å². The Hall–Kier alpha value is -0.570. The molecule has 0 N–H and O–H groups in total. The molecule has 0 unspecified atom stereocenters. The highest BCUT2D eigenvalue weighted by Gasteiger charge is 2.52. The molecule has 0 aromatic heterocycles. The molecule has 0 aromatic rings. The van der Waals surface area contributed by atoms with E-state index in [0.717, 1.165) is 0 Å². The molecule has 0 aromatic carbocycles. The molecule has 0 heterocycles. The summed E-state index contributed by atoms with van der Waals surface area (Å²) in [7, 11) is 0. The third kappa shape index (κ3) is 3.84. The van der Waals surface area contributed by atoms with E-state index in [9.17, 15) is 4.79 Å². The summed E-state index contributed by atoms with van der Waals surface area (Å²) in [5.74, 6) is 0.937. The van der Waals surface area contributed by atoms with E-state index < -0.39 is 0 Å². The van der Waals surface area contributed by atoms with Gasteiger partial charge in [-0.3, -0.25) is 4.79 Å². The molecular formula is C19H34O3. The Labute approximate surface area is 136 Å². The first-order chi connectivity index (χ1) is 10.8. The maximum absolute atomic E-state index is 13.1. The van der Waals surface area contributed by atoms with Crippen LogP contribution in [0, 0.1) is 17.3 Å². The lowest BCUT2D eigenvalue weighted by Crippen LogP contribution is -2.51. The molecule has 2 saturated carbocycles. The lowest BCUT2D eigenvalue weighted by molar-refractivity contribution is -0.174. The van der Waals surface area contributed by atoms with Gasteiger partial charge in [-0.1, -0.05) is 38.5 Å². The Bertz CT molecular complexity index is 310. The van der Waals surface area contributed by atoms with E-state index in [4.69, 9.17) is 9.47 Å². The van der Waals surface area contributed by atoms with Crippen LogP contribution in [-0.4, -0.2) is 25.8 Å². The van der Waals surface area contributed by atoms with Crippen LogP contribution in [0.25, 0.3) is 0 Å². The molecule has 2 aliphatic carbocycles. The van der Waals surface area contributed by atoms with E-state index in [2.05, 4.69) is 0 Å². The van der Waals surface area contributed by atoms with Crippen molar-refractivity contribution in [1.29, 1.82) is 0 Å². The van der Waals surface area contributed by atoms with Crippen LogP contribution in [0.3, 0.4) is 0 Å². The average Bonchev–Trinajstić information content (AvgIpc) is 2.58. The zero-order valence-corrected chi connectivity index (χ0v) is 14.6. The molecule has 3 nitrogen and oxygen atoms in total. The van der Waals surface area contributed by atoms with E-state index in [1.54, 1.807) is 0 Å². The van der Waals surface area contributed by atoms with Gasteiger partial charge >= 0.3 is 5.97 Å². The molecule has 0 amide bonds. The average molecular weight is 310 g/mol. The van der Waals surface area contributed by atoms with Crippen LogP contribution < -0.4 is 0 Å². The first kappa shape index (κ1) is 17.8. The quantitative estimate of drug-likeness (QED) is 0.638. The van der Waals surface area contributed by atoms with Crippen molar-refractivity contribution in [2.24, 2.45) is 17.3 Å². The minimum atomic E-state index is -0.382. The van der Waals surface area contributed by atoms with E-state index in [0.29, 0.717) is 31.7 Å². The highest BCUT2D eigenvalue weighted by atomic mass is 16.5. The van der Waals surface area contributed by atoms with Crippen molar-refractivity contribution in [2.75, 3.05) is 19.8 Å². The number of esters is 1. The maximum atomic E-state index is 13.1. The molecule has 3 heteroatoms. The lowest BCUT2D eigenvalue weighted by Gasteiger charge is -2.46. The monoisotopic (exact) mass is 310 g/mol. The molecule has 2 fully saturated rings. The molecule has 2 rings (SSSR count). The van der Waals surface area contributed by atoms with Crippen LogP contribution in [0.2, 0.25) is 0 Å².